The van der Waals surface area contributed by atoms with E-state index in [4.69, 9.17) is 4.74 Å². The molecule has 0 saturated carbocycles. The molecule has 1 heterocycles. The Kier molecular flexibility index (Phi) is 6.62. The number of aliphatic hydroxyl groups is 1. The fourth-order valence-electron chi connectivity index (χ4n) is 2.27. The van der Waals surface area contributed by atoms with Gasteiger partial charge in [-0.2, -0.15) is 0 Å². The molecule has 1 aromatic rings. The Bertz CT molecular complexity index is 459. The zero-order chi connectivity index (χ0) is 15.9. The molecule has 1 atom stereocenters. The number of aryl methyl sites for hydroxylation is 1. The fourth-order valence-corrected chi connectivity index (χ4v) is 2.27. The van der Waals surface area contributed by atoms with Crippen LogP contribution in [0.3, 0.4) is 0 Å². The maximum atomic E-state index is 11.9. The monoisotopic (exact) mass is 294 g/mol. The number of rotatable bonds is 8. The van der Waals surface area contributed by atoms with Crippen LogP contribution in [-0.2, 0) is 11.2 Å². The van der Waals surface area contributed by atoms with E-state index in [9.17, 15) is 9.90 Å². The highest BCUT2D eigenvalue weighted by molar-refractivity contribution is 5.76. The van der Waals surface area contributed by atoms with Gasteiger partial charge in [0.25, 0.3) is 0 Å². The van der Waals surface area contributed by atoms with Crippen LogP contribution in [0.1, 0.15) is 39.2 Å². The van der Waals surface area contributed by atoms with E-state index in [-0.39, 0.29) is 17.4 Å². The highest BCUT2D eigenvalue weighted by Crippen LogP contribution is 2.21. The molecule has 2 N–H and O–H groups in total. The smallest absolute Gasteiger partial charge is 0.220 e. The van der Waals surface area contributed by atoms with Crippen LogP contribution in [0.25, 0.3) is 0 Å². The molecule has 0 bridgehead atoms. The minimum Gasteiger partial charge on any atom is -0.495 e. The first-order valence-corrected chi connectivity index (χ1v) is 7.25. The van der Waals surface area contributed by atoms with Gasteiger partial charge in [0.2, 0.25) is 5.91 Å². The van der Waals surface area contributed by atoms with Gasteiger partial charge in [-0.1, -0.05) is 13.8 Å². The zero-order valence-corrected chi connectivity index (χ0v) is 13.3. The predicted molar refractivity (Wildman–Crippen MR) is 82.2 cm³/mol. The molecule has 0 radical (unpaired) electrons. The van der Waals surface area contributed by atoms with Crippen LogP contribution in [0.4, 0.5) is 0 Å². The second kappa shape index (κ2) is 7.98. The van der Waals surface area contributed by atoms with Crippen LogP contribution in [0, 0.1) is 5.41 Å². The van der Waals surface area contributed by atoms with Gasteiger partial charge in [0.15, 0.2) is 0 Å². The molecule has 0 spiro atoms. The molecule has 0 aliphatic rings. The first kappa shape index (κ1) is 17.4. The predicted octanol–water partition coefficient (Wildman–Crippen LogP) is 1.94. The molecule has 0 saturated heterocycles. The SMILES string of the molecule is COc1cncc(CCC(=O)NCC(C)(C)CC(C)O)c1. The zero-order valence-electron chi connectivity index (χ0n) is 13.3. The van der Waals surface area contributed by atoms with Crippen LogP contribution in [0.2, 0.25) is 0 Å². The molecule has 21 heavy (non-hydrogen) atoms. The van der Waals surface area contributed by atoms with E-state index in [2.05, 4.69) is 10.3 Å². The Morgan fingerprint density at radius 2 is 2.19 bits per heavy atom. The second-order valence-corrected chi connectivity index (χ2v) is 6.23. The third-order valence-corrected chi connectivity index (χ3v) is 3.26. The van der Waals surface area contributed by atoms with Crippen molar-refractivity contribution in [3.05, 3.63) is 24.0 Å². The van der Waals surface area contributed by atoms with Crippen molar-refractivity contribution in [3.63, 3.8) is 0 Å². The van der Waals surface area contributed by atoms with Gasteiger partial charge in [0.1, 0.15) is 5.75 Å². The number of ether oxygens (including phenoxy) is 1. The van der Waals surface area contributed by atoms with Gasteiger partial charge in [-0.3, -0.25) is 9.78 Å². The standard InChI is InChI=1S/C16H26N2O3/c1-12(19)8-16(2,3)11-18-15(20)6-5-13-7-14(21-4)10-17-9-13/h7,9-10,12,19H,5-6,8,11H2,1-4H3,(H,18,20). The minimum absolute atomic E-state index is 0.0106. The number of aromatic nitrogens is 1. The molecule has 0 aromatic carbocycles. The summed E-state index contributed by atoms with van der Waals surface area (Å²) in [5.41, 5.74) is 0.870. The minimum atomic E-state index is -0.361. The number of methoxy groups -OCH3 is 1. The molecule has 5 nitrogen and oxygen atoms in total. The summed E-state index contributed by atoms with van der Waals surface area (Å²) in [6, 6.07) is 1.89. The van der Waals surface area contributed by atoms with Crippen molar-refractivity contribution in [1.29, 1.82) is 0 Å². The van der Waals surface area contributed by atoms with Crippen molar-refractivity contribution >= 4 is 5.91 Å². The lowest BCUT2D eigenvalue weighted by molar-refractivity contribution is -0.121. The van der Waals surface area contributed by atoms with E-state index in [0.717, 1.165) is 5.56 Å². The number of hydrogen-bond acceptors (Lipinski definition) is 4. The van der Waals surface area contributed by atoms with Crippen LogP contribution in [0.5, 0.6) is 5.75 Å². The molecule has 118 valence electrons. The summed E-state index contributed by atoms with van der Waals surface area (Å²) in [7, 11) is 1.59. The van der Waals surface area contributed by atoms with E-state index < -0.39 is 0 Å². The van der Waals surface area contributed by atoms with Gasteiger partial charge in [-0.15, -0.1) is 0 Å². The Labute approximate surface area is 126 Å². The maximum Gasteiger partial charge on any atom is 0.220 e. The van der Waals surface area contributed by atoms with E-state index in [0.29, 0.717) is 31.6 Å². The first-order valence-electron chi connectivity index (χ1n) is 7.25. The quantitative estimate of drug-likeness (QED) is 0.768. The van der Waals surface area contributed by atoms with Gasteiger partial charge < -0.3 is 15.2 Å². The fraction of sp³-hybridized carbons (Fsp3) is 0.625. The molecule has 0 aliphatic heterocycles. The van der Waals surface area contributed by atoms with E-state index in [1.165, 1.54) is 0 Å². The van der Waals surface area contributed by atoms with E-state index >= 15 is 0 Å². The lowest BCUT2D eigenvalue weighted by atomic mass is 9.87. The third-order valence-electron chi connectivity index (χ3n) is 3.26. The largest absolute Gasteiger partial charge is 0.495 e. The van der Waals surface area contributed by atoms with Crippen molar-refractivity contribution in [3.8, 4) is 5.75 Å². The summed E-state index contributed by atoms with van der Waals surface area (Å²) >= 11 is 0. The molecule has 1 unspecified atom stereocenters. The molecule has 1 aromatic heterocycles. The summed E-state index contributed by atoms with van der Waals surface area (Å²) in [6.45, 7) is 6.39. The highest BCUT2D eigenvalue weighted by Gasteiger charge is 2.20. The molecular formula is C16H26N2O3. The lowest BCUT2D eigenvalue weighted by Gasteiger charge is -2.26. The van der Waals surface area contributed by atoms with Gasteiger partial charge in [0.05, 0.1) is 19.4 Å². The van der Waals surface area contributed by atoms with Gasteiger partial charge >= 0.3 is 0 Å². The van der Waals surface area contributed by atoms with Gasteiger partial charge in [-0.25, -0.2) is 0 Å². The normalized spacial score (nSPS) is 12.8. The lowest BCUT2D eigenvalue weighted by Crippen LogP contribution is -2.35. The summed E-state index contributed by atoms with van der Waals surface area (Å²) in [5.74, 6) is 0.711. The third kappa shape index (κ3) is 7.09. The number of carbonyl (C=O) groups is 1. The summed E-state index contributed by atoms with van der Waals surface area (Å²) in [6.07, 6.45) is 4.73. The van der Waals surface area contributed by atoms with Crippen molar-refractivity contribution in [2.75, 3.05) is 13.7 Å². The Hall–Kier alpha value is -1.62. The number of amides is 1. The van der Waals surface area contributed by atoms with Crippen molar-refractivity contribution < 1.29 is 14.6 Å². The van der Waals surface area contributed by atoms with Crippen molar-refractivity contribution in [1.82, 2.24) is 10.3 Å². The summed E-state index contributed by atoms with van der Waals surface area (Å²) in [5, 5.41) is 12.3. The van der Waals surface area contributed by atoms with Crippen LogP contribution < -0.4 is 10.1 Å². The average Bonchev–Trinajstić information content (AvgIpc) is 2.42. The van der Waals surface area contributed by atoms with Crippen LogP contribution in [-0.4, -0.2) is 35.8 Å². The van der Waals surface area contributed by atoms with Gasteiger partial charge in [0, 0.05) is 19.2 Å². The second-order valence-electron chi connectivity index (χ2n) is 6.23. The number of nitrogens with zero attached hydrogens (tertiary/aromatic N) is 1. The molecule has 1 amide bonds. The highest BCUT2D eigenvalue weighted by atomic mass is 16.5. The summed E-state index contributed by atoms with van der Waals surface area (Å²) in [4.78, 5) is 15.9. The van der Waals surface area contributed by atoms with Crippen molar-refractivity contribution in [2.24, 2.45) is 5.41 Å². The van der Waals surface area contributed by atoms with E-state index in [1.807, 2.05) is 19.9 Å². The molecular weight excluding hydrogens is 268 g/mol. The Balaban J connectivity index is 2.37. The average molecular weight is 294 g/mol. The molecule has 0 fully saturated rings. The molecule has 0 aliphatic carbocycles. The molecule has 5 heteroatoms. The molecule has 1 rings (SSSR count). The van der Waals surface area contributed by atoms with E-state index in [1.54, 1.807) is 26.4 Å². The van der Waals surface area contributed by atoms with Crippen LogP contribution >= 0.6 is 0 Å². The van der Waals surface area contributed by atoms with Crippen LogP contribution in [0.15, 0.2) is 18.5 Å². The first-order chi connectivity index (χ1) is 9.82. The Morgan fingerprint density at radius 3 is 2.81 bits per heavy atom. The number of carbonyl (C=O) groups excluding carboxylic acids is 1. The van der Waals surface area contributed by atoms with Crippen molar-refractivity contribution in [2.45, 2.75) is 46.1 Å². The number of nitrogens with one attached hydrogen (secondary N) is 1. The number of hydrogen-bond donors (Lipinski definition) is 2. The van der Waals surface area contributed by atoms with Gasteiger partial charge in [-0.05, 0) is 36.8 Å². The number of aliphatic hydroxyl groups excluding tert-OH is 1. The maximum absolute atomic E-state index is 11.9. The Morgan fingerprint density at radius 1 is 1.48 bits per heavy atom. The number of pyridine rings is 1. The topological polar surface area (TPSA) is 71.5 Å². The summed E-state index contributed by atoms with van der Waals surface area (Å²) < 4.78 is 5.10.